The van der Waals surface area contributed by atoms with Gasteiger partial charge in [0.1, 0.15) is 5.82 Å². The lowest BCUT2D eigenvalue weighted by Crippen LogP contribution is -2.48. The van der Waals surface area contributed by atoms with Crippen LogP contribution in [0.25, 0.3) is 0 Å². The Morgan fingerprint density at radius 1 is 1.30 bits per heavy atom. The Kier molecular flexibility index (Phi) is 4.28. The third kappa shape index (κ3) is 3.33. The Bertz CT molecular complexity index is 692. The molecule has 1 saturated heterocycles. The van der Waals surface area contributed by atoms with Gasteiger partial charge in [0.2, 0.25) is 0 Å². The second kappa shape index (κ2) is 6.36. The van der Waals surface area contributed by atoms with Crippen LogP contribution in [-0.2, 0) is 6.42 Å². The molecular formula is C18H20FN3O. The van der Waals surface area contributed by atoms with E-state index in [0.717, 1.165) is 12.8 Å². The molecule has 1 atom stereocenters. The maximum absolute atomic E-state index is 14.0. The number of hydrogen-bond acceptors (Lipinski definition) is 2. The van der Waals surface area contributed by atoms with Crippen LogP contribution in [0, 0.1) is 5.82 Å². The number of urea groups is 1. The highest BCUT2D eigenvalue weighted by molar-refractivity contribution is 5.90. The smallest absolute Gasteiger partial charge is 0.319 e. The van der Waals surface area contributed by atoms with E-state index in [1.807, 2.05) is 17.9 Å². The van der Waals surface area contributed by atoms with Gasteiger partial charge in [-0.2, -0.15) is 0 Å². The van der Waals surface area contributed by atoms with E-state index in [-0.39, 0.29) is 17.4 Å². The Morgan fingerprint density at radius 3 is 2.78 bits per heavy atom. The number of rotatable bonds is 3. The van der Waals surface area contributed by atoms with Crippen molar-refractivity contribution in [3.63, 3.8) is 0 Å². The predicted molar refractivity (Wildman–Crippen MR) is 87.7 cm³/mol. The van der Waals surface area contributed by atoms with Crippen LogP contribution in [0.2, 0.25) is 0 Å². The number of halogens is 1. The van der Waals surface area contributed by atoms with Crippen molar-refractivity contribution in [3.05, 3.63) is 60.2 Å². The zero-order valence-corrected chi connectivity index (χ0v) is 13.1. The van der Waals surface area contributed by atoms with E-state index >= 15 is 0 Å². The van der Waals surface area contributed by atoms with Gasteiger partial charge in [0, 0.05) is 30.2 Å². The van der Waals surface area contributed by atoms with Gasteiger partial charge in [0.05, 0.1) is 0 Å². The summed E-state index contributed by atoms with van der Waals surface area (Å²) in [6.45, 7) is 2.71. The largest absolute Gasteiger partial charge is 0.322 e. The Morgan fingerprint density at radius 2 is 2.04 bits per heavy atom. The molecule has 2 aromatic rings. The van der Waals surface area contributed by atoms with Gasteiger partial charge in [-0.15, -0.1) is 0 Å². The summed E-state index contributed by atoms with van der Waals surface area (Å²) in [5.41, 5.74) is 0.989. The van der Waals surface area contributed by atoms with Crippen LogP contribution in [0.15, 0.2) is 48.8 Å². The molecule has 1 fully saturated rings. The van der Waals surface area contributed by atoms with Gasteiger partial charge in [0.25, 0.3) is 0 Å². The highest BCUT2D eigenvalue weighted by atomic mass is 19.1. The highest BCUT2D eigenvalue weighted by Gasteiger charge is 2.40. The maximum atomic E-state index is 14.0. The van der Waals surface area contributed by atoms with Gasteiger partial charge in [-0.3, -0.25) is 4.98 Å². The van der Waals surface area contributed by atoms with E-state index in [1.54, 1.807) is 36.7 Å². The summed E-state index contributed by atoms with van der Waals surface area (Å²) >= 11 is 0. The molecule has 5 heteroatoms. The lowest BCUT2D eigenvalue weighted by molar-refractivity contribution is 0.167. The molecule has 1 N–H and O–H groups in total. The van der Waals surface area contributed by atoms with Crippen molar-refractivity contribution in [1.82, 2.24) is 9.88 Å². The van der Waals surface area contributed by atoms with Gasteiger partial charge in [-0.05, 0) is 49.9 Å². The van der Waals surface area contributed by atoms with E-state index < -0.39 is 0 Å². The fraction of sp³-hybridized carbons (Fsp3) is 0.333. The summed E-state index contributed by atoms with van der Waals surface area (Å²) in [6.07, 6.45) is 5.58. The van der Waals surface area contributed by atoms with Crippen molar-refractivity contribution in [2.75, 3.05) is 11.9 Å². The van der Waals surface area contributed by atoms with Crippen LogP contribution >= 0.6 is 0 Å². The van der Waals surface area contributed by atoms with Crippen molar-refractivity contribution < 1.29 is 9.18 Å². The molecule has 1 aromatic carbocycles. The van der Waals surface area contributed by atoms with Crippen molar-refractivity contribution >= 4 is 11.7 Å². The second-order valence-electron chi connectivity index (χ2n) is 6.19. The molecule has 2 heterocycles. The number of carbonyl (C=O) groups is 1. The Hall–Kier alpha value is -2.43. The monoisotopic (exact) mass is 313 g/mol. The molecule has 0 spiro atoms. The molecule has 3 rings (SSSR count). The fourth-order valence-corrected chi connectivity index (χ4v) is 3.23. The van der Waals surface area contributed by atoms with Crippen molar-refractivity contribution in [2.24, 2.45) is 0 Å². The lowest BCUT2D eigenvalue weighted by atomic mass is 9.90. The summed E-state index contributed by atoms with van der Waals surface area (Å²) in [6, 6.07) is 10.1. The van der Waals surface area contributed by atoms with E-state index in [1.165, 1.54) is 6.07 Å². The summed E-state index contributed by atoms with van der Waals surface area (Å²) in [5.74, 6) is -0.213. The average Bonchev–Trinajstić information content (AvgIpc) is 2.92. The number of anilines is 1. The van der Waals surface area contributed by atoms with Gasteiger partial charge < -0.3 is 10.2 Å². The molecule has 0 bridgehead atoms. The third-order valence-corrected chi connectivity index (χ3v) is 4.45. The van der Waals surface area contributed by atoms with Crippen LogP contribution in [-0.4, -0.2) is 28.0 Å². The molecule has 23 heavy (non-hydrogen) atoms. The molecule has 4 nitrogen and oxygen atoms in total. The zero-order chi connectivity index (χ0) is 16.3. The van der Waals surface area contributed by atoms with E-state index in [0.29, 0.717) is 24.2 Å². The molecule has 0 aliphatic carbocycles. The summed E-state index contributed by atoms with van der Waals surface area (Å²) in [7, 11) is 0. The van der Waals surface area contributed by atoms with Crippen molar-refractivity contribution in [1.29, 1.82) is 0 Å². The van der Waals surface area contributed by atoms with Gasteiger partial charge >= 0.3 is 6.03 Å². The van der Waals surface area contributed by atoms with E-state index in [4.69, 9.17) is 0 Å². The average molecular weight is 313 g/mol. The minimum Gasteiger partial charge on any atom is -0.319 e. The number of pyridine rings is 1. The summed E-state index contributed by atoms with van der Waals surface area (Å²) in [4.78, 5) is 18.4. The predicted octanol–water partition coefficient (Wildman–Crippen LogP) is 3.85. The minimum atomic E-state index is -0.376. The first-order valence-electron chi connectivity index (χ1n) is 7.80. The number of nitrogens with one attached hydrogen (secondary N) is 1. The molecule has 1 aromatic heterocycles. The van der Waals surface area contributed by atoms with Crippen LogP contribution < -0.4 is 5.32 Å². The van der Waals surface area contributed by atoms with Crippen LogP contribution in [0.1, 0.15) is 25.3 Å². The van der Waals surface area contributed by atoms with E-state index in [9.17, 15) is 9.18 Å². The first-order valence-corrected chi connectivity index (χ1v) is 7.80. The van der Waals surface area contributed by atoms with E-state index in [2.05, 4.69) is 10.3 Å². The molecule has 0 saturated carbocycles. The topological polar surface area (TPSA) is 45.2 Å². The quantitative estimate of drug-likeness (QED) is 0.935. The normalized spacial score (nSPS) is 20.5. The van der Waals surface area contributed by atoms with Crippen molar-refractivity contribution in [3.8, 4) is 0 Å². The molecular weight excluding hydrogens is 293 g/mol. The first-order chi connectivity index (χ1) is 11.1. The maximum Gasteiger partial charge on any atom is 0.322 e. The zero-order valence-electron chi connectivity index (χ0n) is 13.1. The van der Waals surface area contributed by atoms with Crippen molar-refractivity contribution in [2.45, 2.75) is 31.7 Å². The van der Waals surface area contributed by atoms with Crippen LogP contribution in [0.5, 0.6) is 0 Å². The van der Waals surface area contributed by atoms with Gasteiger partial charge in [0.15, 0.2) is 0 Å². The molecule has 0 radical (unpaired) electrons. The molecule has 1 aliphatic heterocycles. The number of hydrogen-bond donors (Lipinski definition) is 1. The first kappa shape index (κ1) is 15.5. The Labute approximate surface area is 135 Å². The number of carbonyl (C=O) groups excluding carboxylic acids is 1. The number of benzene rings is 1. The standard InChI is InChI=1S/C18H20FN3O/c1-18(13-14-5-2-3-6-16(14)19)9-4-12-22(18)17(23)21-15-7-10-20-11-8-15/h2-3,5-8,10-11H,4,9,12-13H2,1H3,(H,20,21,23). The minimum absolute atomic E-state index is 0.146. The summed E-state index contributed by atoms with van der Waals surface area (Å²) < 4.78 is 14.0. The lowest BCUT2D eigenvalue weighted by Gasteiger charge is -2.35. The Balaban J connectivity index is 1.76. The number of amides is 2. The highest BCUT2D eigenvalue weighted by Crippen LogP contribution is 2.33. The van der Waals surface area contributed by atoms with Gasteiger partial charge in [-0.25, -0.2) is 9.18 Å². The SMILES string of the molecule is CC1(Cc2ccccc2F)CCCN1C(=O)Nc1ccncc1. The second-order valence-corrected chi connectivity index (χ2v) is 6.19. The third-order valence-electron chi connectivity index (χ3n) is 4.45. The number of likely N-dealkylation sites (tertiary alicyclic amines) is 1. The molecule has 2 amide bonds. The van der Waals surface area contributed by atoms with Gasteiger partial charge in [-0.1, -0.05) is 18.2 Å². The van der Waals surface area contributed by atoms with Crippen LogP contribution in [0.3, 0.4) is 0 Å². The summed E-state index contributed by atoms with van der Waals surface area (Å²) in [5, 5.41) is 2.89. The number of nitrogens with zero attached hydrogens (tertiary/aromatic N) is 2. The molecule has 1 aliphatic rings. The van der Waals surface area contributed by atoms with Crippen LogP contribution in [0.4, 0.5) is 14.9 Å². The molecule has 120 valence electrons. The number of aromatic nitrogens is 1. The fourth-order valence-electron chi connectivity index (χ4n) is 3.23. The molecule has 1 unspecified atom stereocenters.